The lowest BCUT2D eigenvalue weighted by Gasteiger charge is -2.04. The van der Waals surface area contributed by atoms with Gasteiger partial charge in [0.25, 0.3) is 0 Å². The van der Waals surface area contributed by atoms with E-state index in [4.69, 9.17) is 0 Å². The maximum atomic E-state index is 11.2. The maximum absolute atomic E-state index is 11.2. The summed E-state index contributed by atoms with van der Waals surface area (Å²) in [4.78, 5) is 11.2. The molecule has 0 bridgehead atoms. The van der Waals surface area contributed by atoms with E-state index in [1.807, 2.05) is 29.7 Å². The van der Waals surface area contributed by atoms with Gasteiger partial charge in [-0.15, -0.1) is 0 Å². The van der Waals surface area contributed by atoms with Crippen molar-refractivity contribution in [1.29, 1.82) is 0 Å². The van der Waals surface area contributed by atoms with Crippen LogP contribution in [-0.2, 0) is 11.3 Å². The van der Waals surface area contributed by atoms with Gasteiger partial charge in [0.05, 0.1) is 6.54 Å². The Morgan fingerprint density at radius 2 is 2.07 bits per heavy atom. The molecule has 0 atom stereocenters. The largest absolute Gasteiger partial charge is 0.336 e. The Balaban J connectivity index is 2.72. The van der Waals surface area contributed by atoms with Crippen molar-refractivity contribution in [3.63, 3.8) is 0 Å². The lowest BCUT2D eigenvalue weighted by molar-refractivity contribution is -0.117. The fourth-order valence-corrected chi connectivity index (χ4v) is 2.36. The van der Waals surface area contributed by atoms with E-state index in [1.165, 1.54) is 0 Å². The van der Waals surface area contributed by atoms with Crippen LogP contribution in [0.15, 0.2) is 28.7 Å². The number of benzene rings is 1. The molecule has 0 aliphatic rings. The molecule has 0 aliphatic heterocycles. The van der Waals surface area contributed by atoms with Gasteiger partial charge in [0.15, 0.2) is 0 Å². The van der Waals surface area contributed by atoms with Crippen molar-refractivity contribution >= 4 is 32.6 Å². The molecule has 2 nitrogen and oxygen atoms in total. The van der Waals surface area contributed by atoms with Crippen LogP contribution in [-0.4, -0.2) is 10.4 Å². The van der Waals surface area contributed by atoms with E-state index in [0.717, 1.165) is 21.1 Å². The number of hydrogen-bond donors (Lipinski definition) is 0. The van der Waals surface area contributed by atoms with Crippen LogP contribution in [0.3, 0.4) is 0 Å². The summed E-state index contributed by atoms with van der Waals surface area (Å²) in [5.74, 6) is 0.173. The van der Waals surface area contributed by atoms with Gasteiger partial charge in [0, 0.05) is 21.1 Å². The van der Waals surface area contributed by atoms with Crippen LogP contribution < -0.4 is 0 Å². The Bertz CT molecular complexity index is 528. The van der Waals surface area contributed by atoms with E-state index in [9.17, 15) is 4.79 Å². The van der Waals surface area contributed by atoms with E-state index in [2.05, 4.69) is 22.0 Å². The van der Waals surface area contributed by atoms with E-state index in [1.54, 1.807) is 6.92 Å². The number of nitrogens with zero attached hydrogens (tertiary/aromatic N) is 1. The number of carbonyl (C=O) groups excluding carboxylic acids is 1. The third-order valence-electron chi connectivity index (χ3n) is 2.53. The predicted molar refractivity (Wildman–Crippen MR) is 65.1 cm³/mol. The molecule has 0 saturated heterocycles. The number of aromatic nitrogens is 1. The first-order valence-corrected chi connectivity index (χ1v) is 5.63. The quantitative estimate of drug-likeness (QED) is 0.817. The van der Waals surface area contributed by atoms with Gasteiger partial charge < -0.3 is 4.57 Å². The Morgan fingerprint density at radius 1 is 1.40 bits per heavy atom. The number of carbonyl (C=O) groups is 1. The van der Waals surface area contributed by atoms with Crippen LogP contribution in [0.25, 0.3) is 10.9 Å². The van der Waals surface area contributed by atoms with Crippen LogP contribution in [0.4, 0.5) is 0 Å². The van der Waals surface area contributed by atoms with Gasteiger partial charge in [0.1, 0.15) is 5.78 Å². The normalized spacial score (nSPS) is 10.9. The topological polar surface area (TPSA) is 22.0 Å². The Hall–Kier alpha value is -1.09. The van der Waals surface area contributed by atoms with Crippen LogP contribution in [0.1, 0.15) is 12.6 Å². The van der Waals surface area contributed by atoms with Gasteiger partial charge in [0.2, 0.25) is 0 Å². The van der Waals surface area contributed by atoms with Crippen molar-refractivity contribution in [2.45, 2.75) is 20.4 Å². The number of hydrogen-bond acceptors (Lipinski definition) is 1. The Kier molecular flexibility index (Phi) is 2.65. The highest BCUT2D eigenvalue weighted by Gasteiger charge is 2.11. The first-order chi connectivity index (χ1) is 7.11. The number of para-hydroxylation sites is 1. The fourth-order valence-electron chi connectivity index (χ4n) is 1.82. The summed E-state index contributed by atoms with van der Waals surface area (Å²) in [5.41, 5.74) is 2.21. The first kappa shape index (κ1) is 10.4. The highest BCUT2D eigenvalue weighted by Crippen LogP contribution is 2.30. The first-order valence-electron chi connectivity index (χ1n) is 4.84. The van der Waals surface area contributed by atoms with Gasteiger partial charge >= 0.3 is 0 Å². The highest BCUT2D eigenvalue weighted by molar-refractivity contribution is 9.10. The third-order valence-corrected chi connectivity index (χ3v) is 3.54. The summed E-state index contributed by atoms with van der Waals surface area (Å²) in [7, 11) is 0. The summed E-state index contributed by atoms with van der Waals surface area (Å²) in [6, 6.07) is 8.09. The minimum atomic E-state index is 0.173. The molecule has 2 rings (SSSR count). The van der Waals surface area contributed by atoms with Gasteiger partial charge in [-0.2, -0.15) is 0 Å². The SMILES string of the molecule is CC(=O)Cn1c(C)c(Br)c2ccccc21. The van der Waals surface area contributed by atoms with Crippen molar-refractivity contribution in [3.8, 4) is 0 Å². The monoisotopic (exact) mass is 265 g/mol. The minimum Gasteiger partial charge on any atom is -0.336 e. The molecule has 1 aromatic heterocycles. The van der Waals surface area contributed by atoms with Gasteiger partial charge in [-0.05, 0) is 35.8 Å². The molecule has 0 spiro atoms. The van der Waals surface area contributed by atoms with E-state index in [-0.39, 0.29) is 5.78 Å². The van der Waals surface area contributed by atoms with Crippen LogP contribution in [0, 0.1) is 6.92 Å². The predicted octanol–water partition coefficient (Wildman–Crippen LogP) is 3.30. The number of Topliss-reactive ketones (excluding diaryl/α,β-unsaturated/α-hetero) is 1. The van der Waals surface area contributed by atoms with Crippen molar-refractivity contribution in [1.82, 2.24) is 4.57 Å². The van der Waals surface area contributed by atoms with Gasteiger partial charge in [-0.25, -0.2) is 0 Å². The molecule has 0 fully saturated rings. The van der Waals surface area contributed by atoms with E-state index >= 15 is 0 Å². The molecular weight excluding hydrogens is 254 g/mol. The second kappa shape index (κ2) is 3.81. The second-order valence-corrected chi connectivity index (χ2v) is 4.50. The molecule has 0 unspecified atom stereocenters. The van der Waals surface area contributed by atoms with Crippen molar-refractivity contribution in [2.75, 3.05) is 0 Å². The molecule has 2 aromatic rings. The highest BCUT2D eigenvalue weighted by atomic mass is 79.9. The zero-order chi connectivity index (χ0) is 11.0. The molecule has 0 radical (unpaired) electrons. The average Bonchev–Trinajstić information content (AvgIpc) is 2.44. The molecule has 1 heterocycles. The third kappa shape index (κ3) is 1.72. The van der Waals surface area contributed by atoms with Crippen LogP contribution in [0.2, 0.25) is 0 Å². The molecule has 0 amide bonds. The van der Waals surface area contributed by atoms with Crippen LogP contribution >= 0.6 is 15.9 Å². The summed E-state index contributed by atoms with van der Waals surface area (Å²) in [5, 5.41) is 1.16. The van der Waals surface area contributed by atoms with Crippen molar-refractivity contribution in [2.24, 2.45) is 0 Å². The Labute approximate surface area is 97.0 Å². The van der Waals surface area contributed by atoms with Crippen LogP contribution in [0.5, 0.6) is 0 Å². The summed E-state index contributed by atoms with van der Waals surface area (Å²) in [6.45, 7) is 4.08. The molecule has 0 saturated carbocycles. The Morgan fingerprint density at radius 3 is 2.73 bits per heavy atom. The molecular formula is C12H12BrNO. The van der Waals surface area contributed by atoms with Gasteiger partial charge in [-0.1, -0.05) is 18.2 Å². The van der Waals surface area contributed by atoms with Crippen molar-refractivity contribution in [3.05, 3.63) is 34.4 Å². The molecule has 0 aliphatic carbocycles. The lowest BCUT2D eigenvalue weighted by Crippen LogP contribution is -2.07. The minimum absolute atomic E-state index is 0.173. The summed E-state index contributed by atoms with van der Waals surface area (Å²) < 4.78 is 3.13. The zero-order valence-electron chi connectivity index (χ0n) is 8.75. The second-order valence-electron chi connectivity index (χ2n) is 3.70. The lowest BCUT2D eigenvalue weighted by atomic mass is 10.2. The molecule has 78 valence electrons. The molecule has 15 heavy (non-hydrogen) atoms. The molecule has 1 aromatic carbocycles. The van der Waals surface area contributed by atoms with E-state index < -0.39 is 0 Å². The summed E-state index contributed by atoms with van der Waals surface area (Å²) >= 11 is 3.56. The number of rotatable bonds is 2. The van der Waals surface area contributed by atoms with E-state index in [0.29, 0.717) is 6.54 Å². The number of fused-ring (bicyclic) bond motifs is 1. The molecule has 3 heteroatoms. The number of halogens is 1. The number of ketones is 1. The average molecular weight is 266 g/mol. The van der Waals surface area contributed by atoms with Crippen molar-refractivity contribution < 1.29 is 4.79 Å². The fraction of sp³-hybridized carbons (Fsp3) is 0.250. The zero-order valence-corrected chi connectivity index (χ0v) is 10.3. The standard InChI is InChI=1S/C12H12BrNO/c1-8(15)7-14-9(2)12(13)10-5-3-4-6-11(10)14/h3-6H,7H2,1-2H3. The maximum Gasteiger partial charge on any atom is 0.149 e. The van der Waals surface area contributed by atoms with Gasteiger partial charge in [-0.3, -0.25) is 4.79 Å². The summed E-state index contributed by atoms with van der Waals surface area (Å²) in [6.07, 6.45) is 0. The smallest absolute Gasteiger partial charge is 0.149 e. The molecule has 0 N–H and O–H groups in total.